The lowest BCUT2D eigenvalue weighted by molar-refractivity contribution is -0.143. The van der Waals surface area contributed by atoms with E-state index in [0.29, 0.717) is 13.0 Å². The summed E-state index contributed by atoms with van der Waals surface area (Å²) in [6, 6.07) is 5.99. The van der Waals surface area contributed by atoms with Gasteiger partial charge in [-0.05, 0) is 24.5 Å². The van der Waals surface area contributed by atoms with Gasteiger partial charge in [0.1, 0.15) is 12.1 Å². The summed E-state index contributed by atoms with van der Waals surface area (Å²) >= 11 is 0. The molecule has 2 amide bonds. The van der Waals surface area contributed by atoms with Crippen molar-refractivity contribution in [3.8, 4) is 0 Å². The van der Waals surface area contributed by atoms with Crippen molar-refractivity contribution in [2.45, 2.75) is 38.3 Å². The van der Waals surface area contributed by atoms with Crippen molar-refractivity contribution < 1.29 is 19.5 Å². The summed E-state index contributed by atoms with van der Waals surface area (Å²) in [7, 11) is 0. The molecule has 1 aliphatic rings. The van der Waals surface area contributed by atoms with E-state index in [1.54, 1.807) is 6.20 Å². The van der Waals surface area contributed by atoms with Gasteiger partial charge in [-0.15, -0.1) is 0 Å². The largest absolute Gasteiger partial charge is 0.480 e. The Hall–Kier alpha value is -2.83. The van der Waals surface area contributed by atoms with Gasteiger partial charge < -0.3 is 20.3 Å². The molecule has 3 N–H and O–H groups in total. The fourth-order valence-electron chi connectivity index (χ4n) is 3.40. The molecule has 1 aromatic carbocycles. The first kappa shape index (κ1) is 17.0. The maximum absolute atomic E-state index is 12.5. The second kappa shape index (κ2) is 6.96. The molecular formula is C18H21N3O4. The van der Waals surface area contributed by atoms with Crippen molar-refractivity contribution in [3.63, 3.8) is 0 Å². The highest BCUT2D eigenvalue weighted by Gasteiger charge is 2.34. The van der Waals surface area contributed by atoms with Gasteiger partial charge in [0.25, 0.3) is 0 Å². The number of para-hydroxylation sites is 1. The molecule has 7 heteroatoms. The number of aromatic amines is 1. The lowest BCUT2D eigenvalue weighted by Gasteiger charge is -2.24. The predicted octanol–water partition coefficient (Wildman–Crippen LogP) is 1.29. The Morgan fingerprint density at radius 1 is 1.36 bits per heavy atom. The molecule has 2 atom stereocenters. The van der Waals surface area contributed by atoms with Crippen LogP contribution in [0.5, 0.6) is 0 Å². The highest BCUT2D eigenvalue weighted by atomic mass is 16.4. The first-order chi connectivity index (χ1) is 12.0. The van der Waals surface area contributed by atoms with Crippen LogP contribution in [0.25, 0.3) is 10.9 Å². The molecule has 7 nitrogen and oxygen atoms in total. The average Bonchev–Trinajstić information content (AvgIpc) is 3.21. The molecule has 2 heterocycles. The summed E-state index contributed by atoms with van der Waals surface area (Å²) in [6.07, 6.45) is 3.25. The quantitative estimate of drug-likeness (QED) is 0.761. The van der Waals surface area contributed by atoms with Crippen LogP contribution in [0.1, 0.15) is 25.3 Å². The third-order valence-electron chi connectivity index (χ3n) is 4.67. The van der Waals surface area contributed by atoms with E-state index in [4.69, 9.17) is 0 Å². The van der Waals surface area contributed by atoms with E-state index in [1.165, 1.54) is 11.8 Å². The Kier molecular flexibility index (Phi) is 4.74. The number of nitrogens with zero attached hydrogens (tertiary/aromatic N) is 1. The SMILES string of the molecule is CC(=O)N1CCC[C@H]1C(=O)N[C@@H](Cc1c[nH]c2ccccc12)C(=O)O. The van der Waals surface area contributed by atoms with Crippen molar-refractivity contribution in [1.82, 2.24) is 15.2 Å². The first-order valence-corrected chi connectivity index (χ1v) is 8.32. The standard InChI is InChI=1S/C18H21N3O4/c1-11(22)21-8-4-7-16(21)17(23)20-15(18(24)25)9-12-10-19-14-6-3-2-5-13(12)14/h2-3,5-6,10,15-16,19H,4,7-9H2,1H3,(H,20,23)(H,24,25)/t15-,16-/m0/s1. The minimum absolute atomic E-state index is 0.166. The molecule has 3 rings (SSSR count). The normalized spacial score (nSPS) is 18.3. The maximum atomic E-state index is 12.5. The minimum atomic E-state index is -1.09. The maximum Gasteiger partial charge on any atom is 0.326 e. The van der Waals surface area contributed by atoms with Gasteiger partial charge in [-0.2, -0.15) is 0 Å². The number of likely N-dealkylation sites (tertiary alicyclic amines) is 1. The molecule has 0 bridgehead atoms. The fourth-order valence-corrected chi connectivity index (χ4v) is 3.40. The summed E-state index contributed by atoms with van der Waals surface area (Å²) in [5.41, 5.74) is 1.75. The molecule has 0 spiro atoms. The summed E-state index contributed by atoms with van der Waals surface area (Å²) in [4.78, 5) is 40.3. The van der Waals surface area contributed by atoms with Gasteiger partial charge in [0, 0.05) is 37.0 Å². The number of H-pyrrole nitrogens is 1. The number of fused-ring (bicyclic) bond motifs is 1. The lowest BCUT2D eigenvalue weighted by atomic mass is 10.0. The number of carbonyl (C=O) groups excluding carboxylic acids is 2. The number of hydrogen-bond donors (Lipinski definition) is 3. The number of amides is 2. The number of carboxylic acids is 1. The van der Waals surface area contributed by atoms with Crippen molar-refractivity contribution in [2.75, 3.05) is 6.54 Å². The number of carboxylic acid groups (broad SMARTS) is 1. The fraction of sp³-hybridized carbons (Fsp3) is 0.389. The topological polar surface area (TPSA) is 103 Å². The Balaban J connectivity index is 1.74. The molecule has 0 radical (unpaired) electrons. The van der Waals surface area contributed by atoms with E-state index in [0.717, 1.165) is 22.9 Å². The molecule has 1 fully saturated rings. The van der Waals surface area contributed by atoms with Crippen molar-refractivity contribution in [2.24, 2.45) is 0 Å². The monoisotopic (exact) mass is 343 g/mol. The van der Waals surface area contributed by atoms with Crippen molar-refractivity contribution in [3.05, 3.63) is 36.0 Å². The predicted molar refractivity (Wildman–Crippen MR) is 92.0 cm³/mol. The van der Waals surface area contributed by atoms with E-state index >= 15 is 0 Å². The Bertz CT molecular complexity index is 814. The number of nitrogens with one attached hydrogen (secondary N) is 2. The third-order valence-corrected chi connectivity index (χ3v) is 4.67. The summed E-state index contributed by atoms with van der Waals surface area (Å²) in [6.45, 7) is 1.96. The van der Waals surface area contributed by atoms with Gasteiger partial charge in [-0.25, -0.2) is 4.79 Å². The molecule has 25 heavy (non-hydrogen) atoms. The number of benzene rings is 1. The second-order valence-electron chi connectivity index (χ2n) is 6.33. The molecule has 0 aliphatic carbocycles. The number of carbonyl (C=O) groups is 3. The van der Waals surface area contributed by atoms with Crippen LogP contribution >= 0.6 is 0 Å². The third kappa shape index (κ3) is 3.50. The zero-order valence-electron chi connectivity index (χ0n) is 14.0. The molecule has 2 aromatic rings. The van der Waals surface area contributed by atoms with E-state index in [-0.39, 0.29) is 12.3 Å². The summed E-state index contributed by atoms with van der Waals surface area (Å²) < 4.78 is 0. The average molecular weight is 343 g/mol. The van der Waals surface area contributed by atoms with Crippen LogP contribution in [0.2, 0.25) is 0 Å². The van der Waals surface area contributed by atoms with Gasteiger partial charge >= 0.3 is 5.97 Å². The van der Waals surface area contributed by atoms with Crippen LogP contribution in [-0.4, -0.2) is 51.4 Å². The van der Waals surface area contributed by atoms with Gasteiger partial charge in [0.05, 0.1) is 0 Å². The van der Waals surface area contributed by atoms with E-state index in [2.05, 4.69) is 10.3 Å². The van der Waals surface area contributed by atoms with Crippen molar-refractivity contribution in [1.29, 1.82) is 0 Å². The zero-order valence-corrected chi connectivity index (χ0v) is 14.0. The molecule has 1 aliphatic heterocycles. The van der Waals surface area contributed by atoms with E-state index in [9.17, 15) is 19.5 Å². The number of aliphatic carboxylic acids is 1. The lowest BCUT2D eigenvalue weighted by Crippen LogP contribution is -2.51. The summed E-state index contributed by atoms with van der Waals surface area (Å²) in [5.74, 6) is -1.66. The smallest absolute Gasteiger partial charge is 0.326 e. The number of aromatic nitrogens is 1. The molecule has 1 saturated heterocycles. The van der Waals surface area contributed by atoms with Crippen LogP contribution in [0.3, 0.4) is 0 Å². The van der Waals surface area contributed by atoms with Gasteiger partial charge in [0.15, 0.2) is 0 Å². The van der Waals surface area contributed by atoms with Crippen LogP contribution < -0.4 is 5.32 Å². The van der Waals surface area contributed by atoms with Crippen LogP contribution in [-0.2, 0) is 20.8 Å². The van der Waals surface area contributed by atoms with Crippen LogP contribution in [0.15, 0.2) is 30.5 Å². The minimum Gasteiger partial charge on any atom is -0.480 e. The van der Waals surface area contributed by atoms with Crippen molar-refractivity contribution >= 4 is 28.7 Å². The van der Waals surface area contributed by atoms with Gasteiger partial charge in [-0.3, -0.25) is 9.59 Å². The summed E-state index contributed by atoms with van der Waals surface area (Å²) in [5, 5.41) is 13.0. The molecule has 0 unspecified atom stereocenters. The van der Waals surface area contributed by atoms with Gasteiger partial charge in [0.2, 0.25) is 11.8 Å². The van der Waals surface area contributed by atoms with E-state index in [1.807, 2.05) is 24.3 Å². The number of rotatable bonds is 5. The second-order valence-corrected chi connectivity index (χ2v) is 6.33. The molecular weight excluding hydrogens is 322 g/mol. The highest BCUT2D eigenvalue weighted by molar-refractivity contribution is 5.91. The molecule has 0 saturated carbocycles. The zero-order chi connectivity index (χ0) is 18.0. The van der Waals surface area contributed by atoms with Crippen LogP contribution in [0.4, 0.5) is 0 Å². The Morgan fingerprint density at radius 3 is 2.84 bits per heavy atom. The molecule has 1 aromatic heterocycles. The highest BCUT2D eigenvalue weighted by Crippen LogP contribution is 2.20. The number of hydrogen-bond acceptors (Lipinski definition) is 3. The van der Waals surface area contributed by atoms with E-state index < -0.39 is 24.0 Å². The molecule has 132 valence electrons. The van der Waals surface area contributed by atoms with Gasteiger partial charge in [-0.1, -0.05) is 18.2 Å². The first-order valence-electron chi connectivity index (χ1n) is 8.32. The Labute approximate surface area is 145 Å². The van der Waals surface area contributed by atoms with Crippen LogP contribution in [0, 0.1) is 0 Å². The Morgan fingerprint density at radius 2 is 2.12 bits per heavy atom.